The third kappa shape index (κ3) is 1.46. The van der Waals surface area contributed by atoms with Gasteiger partial charge in [0, 0.05) is 16.8 Å². The summed E-state index contributed by atoms with van der Waals surface area (Å²) in [6.07, 6.45) is 0. The number of aromatic amines is 1. The van der Waals surface area contributed by atoms with E-state index in [1.165, 1.54) is 0 Å². The van der Waals surface area contributed by atoms with E-state index in [4.69, 9.17) is 4.74 Å². The van der Waals surface area contributed by atoms with E-state index in [1.54, 1.807) is 7.11 Å². The molecule has 2 aromatic heterocycles. The maximum Gasteiger partial charge on any atom is 0.256 e. The van der Waals surface area contributed by atoms with Gasteiger partial charge < -0.3 is 9.72 Å². The van der Waals surface area contributed by atoms with Crippen molar-refractivity contribution >= 4 is 21.7 Å². The SMILES string of the molecule is COc1cc2c([nH]c(=O)c3ccccc32)c(C)n1. The number of benzene rings is 1. The molecule has 3 aromatic rings. The second-order valence-corrected chi connectivity index (χ2v) is 4.17. The minimum Gasteiger partial charge on any atom is -0.481 e. The van der Waals surface area contributed by atoms with Gasteiger partial charge in [-0.05, 0) is 18.4 Å². The second kappa shape index (κ2) is 3.84. The van der Waals surface area contributed by atoms with Gasteiger partial charge in [-0.2, -0.15) is 0 Å². The number of fused-ring (bicyclic) bond motifs is 3. The summed E-state index contributed by atoms with van der Waals surface area (Å²) in [5.74, 6) is 0.553. The Hall–Kier alpha value is -2.36. The van der Waals surface area contributed by atoms with Crippen LogP contribution in [0.5, 0.6) is 5.88 Å². The van der Waals surface area contributed by atoms with Crippen molar-refractivity contribution in [1.82, 2.24) is 9.97 Å². The normalized spacial score (nSPS) is 11.0. The Morgan fingerprint density at radius 1 is 1.17 bits per heavy atom. The van der Waals surface area contributed by atoms with Crippen LogP contribution in [-0.2, 0) is 0 Å². The zero-order chi connectivity index (χ0) is 12.7. The molecule has 0 radical (unpaired) electrons. The molecule has 0 bridgehead atoms. The molecule has 3 rings (SSSR count). The standard InChI is InChI=1S/C14H12N2O2/c1-8-13-11(7-12(15-8)18-2)9-5-3-4-6-10(9)14(17)16-13/h3-7H,1-2H3,(H,16,17). The van der Waals surface area contributed by atoms with Crippen LogP contribution in [0.2, 0.25) is 0 Å². The summed E-state index contributed by atoms with van der Waals surface area (Å²) < 4.78 is 5.18. The molecule has 1 N–H and O–H groups in total. The fourth-order valence-corrected chi connectivity index (χ4v) is 2.22. The Labute approximate surface area is 103 Å². The van der Waals surface area contributed by atoms with Gasteiger partial charge in [-0.15, -0.1) is 0 Å². The molecule has 2 heterocycles. The predicted molar refractivity (Wildman–Crippen MR) is 71.2 cm³/mol. The molecule has 0 saturated carbocycles. The fourth-order valence-electron chi connectivity index (χ4n) is 2.22. The first-order valence-corrected chi connectivity index (χ1v) is 5.67. The first-order valence-electron chi connectivity index (χ1n) is 5.67. The van der Waals surface area contributed by atoms with Crippen molar-refractivity contribution in [2.75, 3.05) is 7.11 Å². The third-order valence-corrected chi connectivity index (χ3v) is 3.09. The highest BCUT2D eigenvalue weighted by molar-refractivity contribution is 6.06. The average molecular weight is 240 g/mol. The zero-order valence-corrected chi connectivity index (χ0v) is 10.2. The van der Waals surface area contributed by atoms with Crippen molar-refractivity contribution < 1.29 is 4.74 Å². The minimum absolute atomic E-state index is 0.0897. The maximum absolute atomic E-state index is 12.0. The van der Waals surface area contributed by atoms with Gasteiger partial charge >= 0.3 is 0 Å². The Kier molecular flexibility index (Phi) is 2.30. The number of ether oxygens (including phenoxy) is 1. The predicted octanol–water partition coefficient (Wildman–Crippen LogP) is 2.39. The van der Waals surface area contributed by atoms with Gasteiger partial charge in [0.05, 0.1) is 18.3 Å². The molecule has 90 valence electrons. The molecule has 0 amide bonds. The highest BCUT2D eigenvalue weighted by Gasteiger charge is 2.09. The van der Waals surface area contributed by atoms with Gasteiger partial charge in [0.25, 0.3) is 5.56 Å². The van der Waals surface area contributed by atoms with Crippen LogP contribution in [0.4, 0.5) is 0 Å². The van der Waals surface area contributed by atoms with E-state index >= 15 is 0 Å². The van der Waals surface area contributed by atoms with Crippen LogP contribution >= 0.6 is 0 Å². The number of hydrogen-bond acceptors (Lipinski definition) is 3. The van der Waals surface area contributed by atoms with Crippen LogP contribution in [0, 0.1) is 6.92 Å². The van der Waals surface area contributed by atoms with Gasteiger partial charge in [-0.25, -0.2) is 4.98 Å². The van der Waals surface area contributed by atoms with Gasteiger partial charge in [0.1, 0.15) is 0 Å². The lowest BCUT2D eigenvalue weighted by Crippen LogP contribution is -2.07. The molecule has 0 spiro atoms. The first kappa shape index (κ1) is 10.8. The van der Waals surface area contributed by atoms with E-state index in [-0.39, 0.29) is 5.56 Å². The first-order chi connectivity index (χ1) is 8.70. The number of pyridine rings is 2. The molecule has 0 aliphatic carbocycles. The molecule has 18 heavy (non-hydrogen) atoms. The Morgan fingerprint density at radius 2 is 1.89 bits per heavy atom. The fraction of sp³-hybridized carbons (Fsp3) is 0.143. The average Bonchev–Trinajstić information content (AvgIpc) is 2.40. The summed E-state index contributed by atoms with van der Waals surface area (Å²) in [7, 11) is 1.58. The number of aryl methyl sites for hydroxylation is 1. The molecule has 0 fully saturated rings. The number of H-pyrrole nitrogens is 1. The van der Waals surface area contributed by atoms with E-state index in [1.807, 2.05) is 37.3 Å². The van der Waals surface area contributed by atoms with Crippen LogP contribution in [0.25, 0.3) is 21.7 Å². The summed E-state index contributed by atoms with van der Waals surface area (Å²) in [4.78, 5) is 19.1. The topological polar surface area (TPSA) is 55.0 Å². The quantitative estimate of drug-likeness (QED) is 0.664. The van der Waals surface area contributed by atoms with E-state index < -0.39 is 0 Å². The summed E-state index contributed by atoms with van der Waals surface area (Å²) in [5, 5.41) is 2.55. The van der Waals surface area contributed by atoms with Crippen LogP contribution in [-0.4, -0.2) is 17.1 Å². The van der Waals surface area contributed by atoms with Crippen LogP contribution in [0.1, 0.15) is 5.69 Å². The number of hydrogen-bond donors (Lipinski definition) is 1. The largest absolute Gasteiger partial charge is 0.481 e. The van der Waals surface area contributed by atoms with Crippen molar-refractivity contribution in [3.05, 3.63) is 46.4 Å². The van der Waals surface area contributed by atoms with Crippen LogP contribution < -0.4 is 10.3 Å². The highest BCUT2D eigenvalue weighted by atomic mass is 16.5. The third-order valence-electron chi connectivity index (χ3n) is 3.09. The van der Waals surface area contributed by atoms with E-state index in [9.17, 15) is 4.79 Å². The van der Waals surface area contributed by atoms with E-state index in [0.29, 0.717) is 11.3 Å². The highest BCUT2D eigenvalue weighted by Crippen LogP contribution is 2.25. The lowest BCUT2D eigenvalue weighted by molar-refractivity contribution is 0.398. The lowest BCUT2D eigenvalue weighted by Gasteiger charge is -2.07. The molecule has 1 aromatic carbocycles. The lowest BCUT2D eigenvalue weighted by atomic mass is 10.1. The van der Waals surface area contributed by atoms with Crippen molar-refractivity contribution in [1.29, 1.82) is 0 Å². The molecule has 0 unspecified atom stereocenters. The Bertz CT molecular complexity index is 806. The number of rotatable bonds is 1. The van der Waals surface area contributed by atoms with Crippen molar-refractivity contribution in [2.24, 2.45) is 0 Å². The Balaban J connectivity index is 2.60. The summed E-state index contributed by atoms with van der Waals surface area (Å²) in [6.45, 7) is 1.86. The summed E-state index contributed by atoms with van der Waals surface area (Å²) in [6, 6.07) is 9.38. The van der Waals surface area contributed by atoms with Gasteiger partial charge in [-0.3, -0.25) is 4.79 Å². The maximum atomic E-state index is 12.0. The monoisotopic (exact) mass is 240 g/mol. The second-order valence-electron chi connectivity index (χ2n) is 4.17. The number of methoxy groups -OCH3 is 1. The van der Waals surface area contributed by atoms with Gasteiger partial charge in [-0.1, -0.05) is 18.2 Å². The molecular formula is C14H12N2O2. The van der Waals surface area contributed by atoms with Crippen molar-refractivity contribution in [2.45, 2.75) is 6.92 Å². The molecule has 4 nitrogen and oxygen atoms in total. The zero-order valence-electron chi connectivity index (χ0n) is 10.2. The van der Waals surface area contributed by atoms with Crippen molar-refractivity contribution in [3.8, 4) is 5.88 Å². The number of nitrogens with zero attached hydrogens (tertiary/aromatic N) is 1. The minimum atomic E-state index is -0.0897. The van der Waals surface area contributed by atoms with E-state index in [2.05, 4.69) is 9.97 Å². The molecule has 0 aliphatic heterocycles. The summed E-state index contributed by atoms with van der Waals surface area (Å²) >= 11 is 0. The number of aromatic nitrogens is 2. The molecule has 0 aliphatic rings. The molecule has 0 atom stereocenters. The van der Waals surface area contributed by atoms with Gasteiger partial charge in [0.15, 0.2) is 0 Å². The van der Waals surface area contributed by atoms with Crippen LogP contribution in [0.15, 0.2) is 35.1 Å². The van der Waals surface area contributed by atoms with E-state index in [0.717, 1.165) is 22.0 Å². The molecule has 0 saturated heterocycles. The number of nitrogens with one attached hydrogen (secondary N) is 1. The van der Waals surface area contributed by atoms with Gasteiger partial charge in [0.2, 0.25) is 5.88 Å². The molecular weight excluding hydrogens is 228 g/mol. The molecule has 4 heteroatoms. The van der Waals surface area contributed by atoms with Crippen molar-refractivity contribution in [3.63, 3.8) is 0 Å². The summed E-state index contributed by atoms with van der Waals surface area (Å²) in [5.41, 5.74) is 1.43. The Morgan fingerprint density at radius 3 is 2.61 bits per heavy atom. The smallest absolute Gasteiger partial charge is 0.256 e. The van der Waals surface area contributed by atoms with Crippen LogP contribution in [0.3, 0.4) is 0 Å².